The van der Waals surface area contributed by atoms with Crippen molar-refractivity contribution in [3.8, 4) is 0 Å². The highest BCUT2D eigenvalue weighted by atomic mass is 16.7. The standard InChI is InChI=1S/C23H22N2O4/c1-15(2)14-17-10-13-20-21(17)22(24(29-20)18-6-4-3-5-7-18)23(26)16-8-11-19(12-9-16)25(27)28/h3-15,20-22H,1-2H3/b17-14-/t20-,21+,22+/m1/s1. The number of hydrogen-bond donors (Lipinski definition) is 0. The number of Topliss-reactive ketones (excluding diaryl/α,β-unsaturated/α-hetero) is 1. The number of hydroxylamine groups is 1. The van der Waals surface area contributed by atoms with Gasteiger partial charge in [-0.15, -0.1) is 0 Å². The smallest absolute Gasteiger partial charge is 0.269 e. The predicted molar refractivity (Wildman–Crippen MR) is 111 cm³/mol. The maximum atomic E-state index is 13.5. The molecule has 0 amide bonds. The fraction of sp³-hybridized carbons (Fsp3) is 0.261. The second kappa shape index (κ2) is 7.64. The highest BCUT2D eigenvalue weighted by Crippen LogP contribution is 2.43. The molecule has 0 unspecified atom stereocenters. The second-order valence-electron chi connectivity index (χ2n) is 7.64. The van der Waals surface area contributed by atoms with Crippen molar-refractivity contribution in [2.45, 2.75) is 26.0 Å². The molecule has 4 rings (SSSR count). The first-order valence-electron chi connectivity index (χ1n) is 9.65. The summed E-state index contributed by atoms with van der Waals surface area (Å²) in [6.07, 6.45) is 5.98. The van der Waals surface area contributed by atoms with E-state index < -0.39 is 11.0 Å². The summed E-state index contributed by atoms with van der Waals surface area (Å²) in [5, 5.41) is 12.6. The first kappa shape index (κ1) is 19.1. The second-order valence-corrected chi connectivity index (χ2v) is 7.64. The summed E-state index contributed by atoms with van der Waals surface area (Å²) in [4.78, 5) is 30.2. The van der Waals surface area contributed by atoms with Crippen LogP contribution in [0.15, 0.2) is 78.4 Å². The van der Waals surface area contributed by atoms with Gasteiger partial charge in [-0.25, -0.2) is 5.06 Å². The lowest BCUT2D eigenvalue weighted by atomic mass is 9.85. The fourth-order valence-electron chi connectivity index (χ4n) is 3.97. The SMILES string of the molecule is CC(C)/C=C1/C=C[C@H]2ON(c3ccccc3)[C@H](C(=O)c3ccc([N+](=O)[O-])cc3)[C@@H]12. The zero-order valence-electron chi connectivity index (χ0n) is 16.3. The number of para-hydroxylation sites is 1. The van der Waals surface area contributed by atoms with Gasteiger partial charge in [0.2, 0.25) is 0 Å². The Bertz CT molecular complexity index is 980. The molecule has 1 aliphatic carbocycles. The quantitative estimate of drug-likeness (QED) is 0.419. The van der Waals surface area contributed by atoms with Crippen LogP contribution in [-0.2, 0) is 4.84 Å². The number of nitro benzene ring substituents is 1. The molecule has 148 valence electrons. The number of fused-ring (bicyclic) bond motifs is 1. The van der Waals surface area contributed by atoms with Crippen molar-refractivity contribution in [1.29, 1.82) is 0 Å². The van der Waals surface area contributed by atoms with Crippen molar-refractivity contribution in [1.82, 2.24) is 0 Å². The number of nitrogens with zero attached hydrogens (tertiary/aromatic N) is 2. The zero-order chi connectivity index (χ0) is 20.5. The topological polar surface area (TPSA) is 72.7 Å². The van der Waals surface area contributed by atoms with Crippen molar-refractivity contribution < 1.29 is 14.6 Å². The van der Waals surface area contributed by atoms with Gasteiger partial charge in [-0.2, -0.15) is 0 Å². The van der Waals surface area contributed by atoms with Gasteiger partial charge < -0.3 is 0 Å². The van der Waals surface area contributed by atoms with Crippen LogP contribution < -0.4 is 5.06 Å². The summed E-state index contributed by atoms with van der Waals surface area (Å²) in [5.74, 6) is 0.101. The molecule has 2 aliphatic rings. The molecule has 1 heterocycles. The third kappa shape index (κ3) is 3.59. The zero-order valence-corrected chi connectivity index (χ0v) is 16.3. The first-order valence-corrected chi connectivity index (χ1v) is 9.65. The van der Waals surface area contributed by atoms with E-state index in [-0.39, 0.29) is 23.5 Å². The van der Waals surface area contributed by atoms with E-state index in [1.807, 2.05) is 42.5 Å². The Hall–Kier alpha value is -3.25. The molecule has 0 bridgehead atoms. The van der Waals surface area contributed by atoms with Crippen LogP contribution in [-0.4, -0.2) is 22.9 Å². The number of ketones is 1. The van der Waals surface area contributed by atoms with Crippen molar-refractivity contribution in [2.24, 2.45) is 11.8 Å². The number of nitro groups is 1. The highest BCUT2D eigenvalue weighted by molar-refractivity contribution is 6.03. The molecule has 2 aromatic carbocycles. The van der Waals surface area contributed by atoms with E-state index in [2.05, 4.69) is 19.9 Å². The molecule has 29 heavy (non-hydrogen) atoms. The number of non-ortho nitro benzene ring substituents is 1. The fourth-order valence-corrected chi connectivity index (χ4v) is 3.97. The van der Waals surface area contributed by atoms with Crippen molar-refractivity contribution in [2.75, 3.05) is 5.06 Å². The lowest BCUT2D eigenvalue weighted by molar-refractivity contribution is -0.384. The molecule has 0 saturated carbocycles. The first-order chi connectivity index (χ1) is 14.0. The van der Waals surface area contributed by atoms with Gasteiger partial charge in [0.15, 0.2) is 5.78 Å². The molecular weight excluding hydrogens is 368 g/mol. The Morgan fingerprint density at radius 3 is 2.45 bits per heavy atom. The van der Waals surface area contributed by atoms with Gasteiger partial charge in [-0.1, -0.05) is 50.3 Å². The van der Waals surface area contributed by atoms with E-state index in [0.717, 1.165) is 11.3 Å². The average molecular weight is 390 g/mol. The summed E-state index contributed by atoms with van der Waals surface area (Å²) in [7, 11) is 0. The molecule has 0 aromatic heterocycles. The molecule has 0 radical (unpaired) electrons. The Labute approximate surface area is 169 Å². The summed E-state index contributed by atoms with van der Waals surface area (Å²) >= 11 is 0. The summed E-state index contributed by atoms with van der Waals surface area (Å²) in [6, 6.07) is 14.8. The average Bonchev–Trinajstić information content (AvgIpc) is 3.28. The third-order valence-corrected chi connectivity index (χ3v) is 5.21. The summed E-state index contributed by atoms with van der Waals surface area (Å²) in [5.41, 5.74) is 2.29. The van der Waals surface area contributed by atoms with Gasteiger partial charge in [0.1, 0.15) is 12.1 Å². The van der Waals surface area contributed by atoms with Crippen LogP contribution in [0.3, 0.4) is 0 Å². The highest BCUT2D eigenvalue weighted by Gasteiger charge is 2.50. The lowest BCUT2D eigenvalue weighted by Gasteiger charge is -2.26. The maximum Gasteiger partial charge on any atom is 0.269 e. The largest absolute Gasteiger partial charge is 0.292 e. The van der Waals surface area contributed by atoms with Gasteiger partial charge in [-0.05, 0) is 35.8 Å². The molecule has 0 N–H and O–H groups in total. The van der Waals surface area contributed by atoms with Gasteiger partial charge in [0, 0.05) is 23.6 Å². The molecule has 0 spiro atoms. The number of rotatable bonds is 5. The molecule has 3 atom stereocenters. The predicted octanol–water partition coefficient (Wildman–Crippen LogP) is 4.73. The number of carbonyl (C=O) groups excluding carboxylic acids is 1. The molecule has 1 aliphatic heterocycles. The Kier molecular flexibility index (Phi) is 5.03. The minimum absolute atomic E-state index is 0.0371. The molecule has 1 fully saturated rings. The summed E-state index contributed by atoms with van der Waals surface area (Å²) < 4.78 is 0. The number of carbonyl (C=O) groups is 1. The third-order valence-electron chi connectivity index (χ3n) is 5.21. The van der Waals surface area contributed by atoms with Crippen LogP contribution in [0.25, 0.3) is 0 Å². The van der Waals surface area contributed by atoms with Crippen LogP contribution >= 0.6 is 0 Å². The Morgan fingerprint density at radius 1 is 1.14 bits per heavy atom. The van der Waals surface area contributed by atoms with Crippen LogP contribution in [0.5, 0.6) is 0 Å². The van der Waals surface area contributed by atoms with E-state index in [9.17, 15) is 14.9 Å². The van der Waals surface area contributed by atoms with E-state index in [1.165, 1.54) is 24.3 Å². The molecular formula is C23H22N2O4. The van der Waals surface area contributed by atoms with Crippen LogP contribution in [0.2, 0.25) is 0 Å². The molecule has 6 nitrogen and oxygen atoms in total. The normalized spacial score (nSPS) is 24.3. The van der Waals surface area contributed by atoms with Crippen molar-refractivity contribution >= 4 is 17.2 Å². The van der Waals surface area contributed by atoms with E-state index in [1.54, 1.807) is 5.06 Å². The minimum atomic E-state index is -0.552. The Balaban J connectivity index is 1.74. The van der Waals surface area contributed by atoms with Gasteiger partial charge in [-0.3, -0.25) is 19.7 Å². The maximum absolute atomic E-state index is 13.5. The van der Waals surface area contributed by atoms with Crippen molar-refractivity contribution in [3.63, 3.8) is 0 Å². The van der Waals surface area contributed by atoms with Crippen LogP contribution in [0.1, 0.15) is 24.2 Å². The van der Waals surface area contributed by atoms with Crippen LogP contribution in [0.4, 0.5) is 11.4 Å². The molecule has 2 aromatic rings. The minimum Gasteiger partial charge on any atom is -0.292 e. The number of allylic oxidation sites excluding steroid dienone is 2. The Morgan fingerprint density at radius 2 is 1.83 bits per heavy atom. The van der Waals surface area contributed by atoms with E-state index >= 15 is 0 Å². The van der Waals surface area contributed by atoms with Gasteiger partial charge in [0.05, 0.1) is 10.6 Å². The molecule has 1 saturated heterocycles. The van der Waals surface area contributed by atoms with Crippen LogP contribution in [0, 0.1) is 22.0 Å². The summed E-state index contributed by atoms with van der Waals surface area (Å²) in [6.45, 7) is 4.21. The van der Waals surface area contributed by atoms with Gasteiger partial charge in [0.25, 0.3) is 5.69 Å². The lowest BCUT2D eigenvalue weighted by Crippen LogP contribution is -2.40. The number of anilines is 1. The van der Waals surface area contributed by atoms with Crippen molar-refractivity contribution in [3.05, 3.63) is 94.1 Å². The van der Waals surface area contributed by atoms with Gasteiger partial charge >= 0.3 is 0 Å². The monoisotopic (exact) mass is 390 g/mol. The van der Waals surface area contributed by atoms with E-state index in [4.69, 9.17) is 4.84 Å². The molecule has 6 heteroatoms. The number of hydrogen-bond acceptors (Lipinski definition) is 5. The number of benzene rings is 2. The van der Waals surface area contributed by atoms with E-state index in [0.29, 0.717) is 11.5 Å².